The van der Waals surface area contributed by atoms with Crippen LogP contribution in [-0.4, -0.2) is 58.7 Å². The van der Waals surface area contributed by atoms with Gasteiger partial charge >= 0.3 is 12.2 Å². The zero-order chi connectivity index (χ0) is 20.5. The van der Waals surface area contributed by atoms with E-state index >= 15 is 0 Å². The monoisotopic (exact) mass is 397 g/mol. The summed E-state index contributed by atoms with van der Waals surface area (Å²) in [5.74, 6) is -0.390. The maximum atomic E-state index is 12.7. The number of alkyl halides is 3. The topological polar surface area (TPSA) is 60.9 Å². The van der Waals surface area contributed by atoms with Crippen molar-refractivity contribution in [3.05, 3.63) is 35.4 Å². The first kappa shape index (κ1) is 20.2. The first-order valence-corrected chi connectivity index (χ1v) is 9.18. The molecule has 0 N–H and O–H groups in total. The third-order valence-electron chi connectivity index (χ3n) is 4.95. The molecule has 1 heterocycles. The van der Waals surface area contributed by atoms with Gasteiger partial charge in [0.25, 0.3) is 0 Å². The molecule has 3 rings (SSSR count). The minimum Gasteiger partial charge on any atom is -0.335 e. The molecule has 2 aliphatic rings. The van der Waals surface area contributed by atoms with Gasteiger partial charge in [-0.05, 0) is 37.0 Å². The number of urea groups is 1. The van der Waals surface area contributed by atoms with Crippen molar-refractivity contribution in [3.63, 3.8) is 0 Å². The van der Waals surface area contributed by atoms with Crippen molar-refractivity contribution in [1.82, 2.24) is 14.7 Å². The molecule has 0 bridgehead atoms. The van der Waals surface area contributed by atoms with Crippen LogP contribution in [0.5, 0.6) is 0 Å². The average molecular weight is 397 g/mol. The van der Waals surface area contributed by atoms with E-state index in [0.29, 0.717) is 12.0 Å². The molecule has 0 atom stereocenters. The minimum absolute atomic E-state index is 0.0505. The van der Waals surface area contributed by atoms with Crippen LogP contribution in [-0.2, 0) is 22.3 Å². The Balaban J connectivity index is 1.54. The van der Waals surface area contributed by atoms with Gasteiger partial charge in [-0.1, -0.05) is 12.1 Å². The summed E-state index contributed by atoms with van der Waals surface area (Å²) in [5.41, 5.74) is -0.0785. The number of carbonyl (C=O) groups is 3. The number of amides is 4. The van der Waals surface area contributed by atoms with Crippen LogP contribution in [0.25, 0.3) is 0 Å². The number of benzene rings is 1. The van der Waals surface area contributed by atoms with Gasteiger partial charge in [0.2, 0.25) is 11.8 Å². The fourth-order valence-electron chi connectivity index (χ4n) is 3.22. The van der Waals surface area contributed by atoms with Crippen molar-refractivity contribution in [1.29, 1.82) is 0 Å². The smallest absolute Gasteiger partial charge is 0.335 e. The summed E-state index contributed by atoms with van der Waals surface area (Å²) < 4.78 is 38.0. The van der Waals surface area contributed by atoms with E-state index < -0.39 is 11.7 Å². The van der Waals surface area contributed by atoms with Crippen LogP contribution in [0.4, 0.5) is 18.0 Å². The molecule has 1 aromatic rings. The predicted octanol–water partition coefficient (Wildman–Crippen LogP) is 2.87. The van der Waals surface area contributed by atoms with Crippen LogP contribution in [0.1, 0.15) is 36.8 Å². The molecular formula is C19H22F3N3O3. The second-order valence-electron chi connectivity index (χ2n) is 7.24. The van der Waals surface area contributed by atoms with E-state index in [0.717, 1.165) is 29.9 Å². The van der Waals surface area contributed by atoms with Gasteiger partial charge in [-0.3, -0.25) is 14.5 Å². The number of halogens is 3. The Bertz CT molecular complexity index is 760. The molecule has 0 radical (unpaired) electrons. The van der Waals surface area contributed by atoms with E-state index in [-0.39, 0.29) is 49.9 Å². The molecule has 0 spiro atoms. The molecule has 152 valence electrons. The van der Waals surface area contributed by atoms with Crippen molar-refractivity contribution in [2.45, 2.75) is 44.4 Å². The van der Waals surface area contributed by atoms with Gasteiger partial charge in [-0.25, -0.2) is 4.79 Å². The molecule has 0 unspecified atom stereocenters. The molecule has 2 fully saturated rings. The number of imide groups is 1. The van der Waals surface area contributed by atoms with Gasteiger partial charge in [0.05, 0.1) is 5.56 Å². The number of nitrogens with zero attached hydrogens (tertiary/aromatic N) is 3. The Kier molecular flexibility index (Phi) is 5.62. The Labute approximate surface area is 160 Å². The normalized spacial score (nSPS) is 17.4. The number of hydrogen-bond acceptors (Lipinski definition) is 3. The molecule has 1 aliphatic heterocycles. The Hall–Kier alpha value is -2.58. The molecule has 1 aromatic carbocycles. The molecule has 1 aliphatic carbocycles. The van der Waals surface area contributed by atoms with Crippen molar-refractivity contribution in [2.24, 2.45) is 0 Å². The highest BCUT2D eigenvalue weighted by Gasteiger charge is 2.35. The van der Waals surface area contributed by atoms with E-state index in [1.165, 1.54) is 17.0 Å². The lowest BCUT2D eigenvalue weighted by atomic mass is 10.1. The average Bonchev–Trinajstić information content (AvgIpc) is 3.43. The third-order valence-corrected chi connectivity index (χ3v) is 4.95. The first-order valence-electron chi connectivity index (χ1n) is 9.18. The van der Waals surface area contributed by atoms with Crippen molar-refractivity contribution < 1.29 is 27.6 Å². The van der Waals surface area contributed by atoms with E-state index in [4.69, 9.17) is 0 Å². The van der Waals surface area contributed by atoms with E-state index in [1.807, 2.05) is 0 Å². The van der Waals surface area contributed by atoms with Gasteiger partial charge in [0.1, 0.15) is 6.54 Å². The summed E-state index contributed by atoms with van der Waals surface area (Å²) in [6.07, 6.45) is -2.10. The molecule has 6 nitrogen and oxygen atoms in total. The number of rotatable bonds is 7. The predicted molar refractivity (Wildman–Crippen MR) is 94.0 cm³/mol. The van der Waals surface area contributed by atoms with E-state index in [9.17, 15) is 27.6 Å². The van der Waals surface area contributed by atoms with Crippen LogP contribution < -0.4 is 0 Å². The zero-order valence-electron chi connectivity index (χ0n) is 15.5. The van der Waals surface area contributed by atoms with Gasteiger partial charge in [-0.15, -0.1) is 0 Å². The highest BCUT2D eigenvalue weighted by Crippen LogP contribution is 2.31. The molecule has 28 heavy (non-hydrogen) atoms. The van der Waals surface area contributed by atoms with E-state index in [2.05, 4.69) is 0 Å². The van der Waals surface area contributed by atoms with Gasteiger partial charge in [0.15, 0.2) is 0 Å². The second-order valence-corrected chi connectivity index (χ2v) is 7.24. The second kappa shape index (κ2) is 7.81. The Morgan fingerprint density at radius 1 is 1.18 bits per heavy atom. The summed E-state index contributed by atoms with van der Waals surface area (Å²) in [4.78, 5) is 40.3. The summed E-state index contributed by atoms with van der Waals surface area (Å²) >= 11 is 0. The SMILES string of the molecule is CN1CC(=O)N(CCCC(=O)N(Cc2ccc(C(F)(F)F)cc2)C2CC2)C1=O. The fourth-order valence-corrected chi connectivity index (χ4v) is 3.22. The minimum atomic E-state index is -4.39. The molecule has 1 saturated carbocycles. The highest BCUT2D eigenvalue weighted by molar-refractivity contribution is 6.01. The standard InChI is InChI=1S/C19H22F3N3O3/c1-23-12-17(27)24(18(23)28)10-2-3-16(26)25(15-8-9-15)11-13-4-6-14(7-5-13)19(20,21)22/h4-7,15H,2-3,8-12H2,1H3. The lowest BCUT2D eigenvalue weighted by Crippen LogP contribution is -2.35. The van der Waals surface area contributed by atoms with Crippen LogP contribution in [0.15, 0.2) is 24.3 Å². The van der Waals surface area contributed by atoms with Crippen LogP contribution in [0.2, 0.25) is 0 Å². The summed E-state index contributed by atoms with van der Waals surface area (Å²) in [7, 11) is 1.55. The molecular weight excluding hydrogens is 375 g/mol. The quantitative estimate of drug-likeness (QED) is 0.665. The number of likely N-dealkylation sites (N-methyl/N-ethyl adjacent to an activating group) is 1. The number of hydrogen-bond donors (Lipinski definition) is 0. The molecule has 4 amide bonds. The van der Waals surface area contributed by atoms with Crippen LogP contribution in [0.3, 0.4) is 0 Å². The highest BCUT2D eigenvalue weighted by atomic mass is 19.4. The maximum Gasteiger partial charge on any atom is 0.416 e. The Morgan fingerprint density at radius 2 is 1.82 bits per heavy atom. The van der Waals surface area contributed by atoms with Gasteiger partial charge in [0, 0.05) is 32.6 Å². The van der Waals surface area contributed by atoms with Gasteiger partial charge < -0.3 is 9.80 Å². The maximum absolute atomic E-state index is 12.7. The fraction of sp³-hybridized carbons (Fsp3) is 0.526. The van der Waals surface area contributed by atoms with Crippen LogP contribution in [0, 0.1) is 0 Å². The van der Waals surface area contributed by atoms with Crippen molar-refractivity contribution >= 4 is 17.8 Å². The summed E-state index contributed by atoms with van der Waals surface area (Å²) in [6.45, 7) is 0.493. The lowest BCUT2D eigenvalue weighted by molar-refractivity contribution is -0.137. The molecule has 0 aromatic heterocycles. The Morgan fingerprint density at radius 3 is 2.32 bits per heavy atom. The van der Waals surface area contributed by atoms with Crippen molar-refractivity contribution in [3.8, 4) is 0 Å². The summed E-state index contributed by atoms with van der Waals surface area (Å²) in [6, 6.07) is 4.57. The van der Waals surface area contributed by atoms with E-state index in [1.54, 1.807) is 11.9 Å². The third kappa shape index (κ3) is 4.63. The summed E-state index contributed by atoms with van der Waals surface area (Å²) in [5, 5.41) is 0. The van der Waals surface area contributed by atoms with Gasteiger partial charge in [-0.2, -0.15) is 13.2 Å². The first-order chi connectivity index (χ1) is 13.2. The lowest BCUT2D eigenvalue weighted by Gasteiger charge is -2.23. The zero-order valence-corrected chi connectivity index (χ0v) is 15.5. The molecule has 9 heteroatoms. The largest absolute Gasteiger partial charge is 0.416 e. The number of carbonyl (C=O) groups excluding carboxylic acids is 3. The molecule has 1 saturated heterocycles. The van der Waals surface area contributed by atoms with Crippen LogP contribution >= 0.6 is 0 Å². The van der Waals surface area contributed by atoms with Crippen molar-refractivity contribution in [2.75, 3.05) is 20.1 Å².